The van der Waals surface area contributed by atoms with Crippen LogP contribution in [0, 0.1) is 0 Å². The number of ketones is 1. The van der Waals surface area contributed by atoms with E-state index in [-0.39, 0.29) is 17.9 Å². The molecule has 192 valence electrons. The highest BCUT2D eigenvalue weighted by atomic mass is 16.5. The molecule has 37 heavy (non-hydrogen) atoms. The molecule has 4 rings (SSSR count). The van der Waals surface area contributed by atoms with E-state index in [0.717, 1.165) is 5.56 Å². The van der Waals surface area contributed by atoms with E-state index in [4.69, 9.17) is 18.9 Å². The first-order valence-corrected chi connectivity index (χ1v) is 11.6. The van der Waals surface area contributed by atoms with Gasteiger partial charge in [-0.15, -0.1) is 0 Å². The second-order valence-corrected chi connectivity index (χ2v) is 8.20. The molecule has 9 heteroatoms. The number of pyridine rings is 1. The lowest BCUT2D eigenvalue weighted by Gasteiger charge is -2.26. The van der Waals surface area contributed by atoms with E-state index in [0.29, 0.717) is 40.7 Å². The monoisotopic (exact) mass is 504 g/mol. The molecule has 1 aliphatic rings. The van der Waals surface area contributed by atoms with E-state index >= 15 is 0 Å². The molecule has 2 aromatic carbocycles. The fourth-order valence-corrected chi connectivity index (χ4v) is 4.39. The van der Waals surface area contributed by atoms with Gasteiger partial charge in [0.1, 0.15) is 11.5 Å². The van der Waals surface area contributed by atoms with E-state index < -0.39 is 17.7 Å². The van der Waals surface area contributed by atoms with Gasteiger partial charge in [-0.25, -0.2) is 0 Å². The first-order chi connectivity index (χ1) is 17.9. The van der Waals surface area contributed by atoms with Crippen LogP contribution in [0.25, 0.3) is 5.76 Å². The number of aliphatic hydroxyl groups is 1. The summed E-state index contributed by atoms with van der Waals surface area (Å²) in [5.74, 6) is -0.249. The van der Waals surface area contributed by atoms with Crippen molar-refractivity contribution in [1.82, 2.24) is 9.88 Å². The van der Waals surface area contributed by atoms with Crippen LogP contribution in [0.3, 0.4) is 0 Å². The Morgan fingerprint density at radius 1 is 0.973 bits per heavy atom. The van der Waals surface area contributed by atoms with Crippen molar-refractivity contribution in [2.75, 3.05) is 27.9 Å². The number of benzene rings is 2. The number of carbonyl (C=O) groups is 2. The number of rotatable bonds is 9. The van der Waals surface area contributed by atoms with Crippen molar-refractivity contribution in [3.8, 4) is 23.0 Å². The Hall–Kier alpha value is -4.53. The molecule has 0 saturated carbocycles. The molecule has 1 amide bonds. The molecular weight excluding hydrogens is 476 g/mol. The van der Waals surface area contributed by atoms with E-state index in [1.165, 1.54) is 26.2 Å². The molecule has 1 fully saturated rings. The van der Waals surface area contributed by atoms with Crippen molar-refractivity contribution in [3.05, 3.63) is 83.2 Å². The highest BCUT2D eigenvalue weighted by Gasteiger charge is 2.46. The number of aromatic nitrogens is 1. The van der Waals surface area contributed by atoms with Gasteiger partial charge in [-0.3, -0.25) is 14.6 Å². The Morgan fingerprint density at radius 2 is 1.65 bits per heavy atom. The summed E-state index contributed by atoms with van der Waals surface area (Å²) in [5, 5.41) is 11.4. The predicted molar refractivity (Wildman–Crippen MR) is 136 cm³/mol. The minimum Gasteiger partial charge on any atom is -0.507 e. The quantitative estimate of drug-likeness (QED) is 0.263. The van der Waals surface area contributed by atoms with Gasteiger partial charge >= 0.3 is 0 Å². The molecule has 1 unspecified atom stereocenters. The van der Waals surface area contributed by atoms with Gasteiger partial charge in [0, 0.05) is 24.5 Å². The van der Waals surface area contributed by atoms with Crippen LogP contribution in [0.15, 0.2) is 66.5 Å². The number of hydrogen-bond acceptors (Lipinski definition) is 8. The summed E-state index contributed by atoms with van der Waals surface area (Å²) in [7, 11) is 4.45. The van der Waals surface area contributed by atoms with Crippen molar-refractivity contribution < 1.29 is 33.6 Å². The summed E-state index contributed by atoms with van der Waals surface area (Å²) < 4.78 is 22.0. The third-order valence-electron chi connectivity index (χ3n) is 6.06. The van der Waals surface area contributed by atoms with E-state index in [9.17, 15) is 14.7 Å². The molecule has 0 aliphatic carbocycles. The highest BCUT2D eigenvalue weighted by molar-refractivity contribution is 6.46. The molecule has 0 bridgehead atoms. The fraction of sp³-hybridized carbons (Fsp3) is 0.250. The minimum atomic E-state index is -0.933. The Kier molecular flexibility index (Phi) is 7.62. The van der Waals surface area contributed by atoms with Gasteiger partial charge in [-0.05, 0) is 54.4 Å². The van der Waals surface area contributed by atoms with Gasteiger partial charge in [-0.2, -0.15) is 0 Å². The number of likely N-dealkylation sites (tertiary alicyclic amines) is 1. The number of amides is 1. The van der Waals surface area contributed by atoms with Gasteiger partial charge in [0.05, 0.1) is 39.6 Å². The van der Waals surface area contributed by atoms with Crippen molar-refractivity contribution >= 4 is 17.4 Å². The summed E-state index contributed by atoms with van der Waals surface area (Å²) >= 11 is 0. The molecule has 1 N–H and O–H groups in total. The van der Waals surface area contributed by atoms with Crippen LogP contribution in [0.5, 0.6) is 23.0 Å². The van der Waals surface area contributed by atoms with Gasteiger partial charge in [0.2, 0.25) is 5.75 Å². The number of aliphatic hydroxyl groups excluding tert-OH is 1. The third-order valence-corrected chi connectivity index (χ3v) is 6.06. The lowest BCUT2D eigenvalue weighted by molar-refractivity contribution is -0.140. The number of ether oxygens (including phenoxy) is 4. The number of Topliss-reactive ketones (excluding diaryl/α,β-unsaturated/α-hetero) is 1. The maximum absolute atomic E-state index is 13.4. The van der Waals surface area contributed by atoms with Crippen LogP contribution in [0.4, 0.5) is 0 Å². The minimum absolute atomic E-state index is 0.0537. The first kappa shape index (κ1) is 25.6. The smallest absolute Gasteiger partial charge is 0.295 e. The lowest BCUT2D eigenvalue weighted by atomic mass is 9.94. The maximum Gasteiger partial charge on any atom is 0.295 e. The van der Waals surface area contributed by atoms with Gasteiger partial charge in [0.25, 0.3) is 11.7 Å². The summed E-state index contributed by atoms with van der Waals surface area (Å²) in [6.45, 7) is 2.40. The Morgan fingerprint density at radius 3 is 2.24 bits per heavy atom. The summed E-state index contributed by atoms with van der Waals surface area (Å²) in [6, 6.07) is 12.7. The third kappa shape index (κ3) is 4.93. The second-order valence-electron chi connectivity index (χ2n) is 8.20. The van der Waals surface area contributed by atoms with Crippen LogP contribution in [-0.4, -0.2) is 54.6 Å². The largest absolute Gasteiger partial charge is 0.507 e. The number of methoxy groups -OCH3 is 3. The number of carbonyl (C=O) groups excluding carboxylic acids is 2. The molecule has 1 atom stereocenters. The maximum atomic E-state index is 13.4. The topological polar surface area (TPSA) is 107 Å². The zero-order chi connectivity index (χ0) is 26.5. The standard InChI is InChI=1S/C28H28N2O7/c1-5-37-20-8-6-7-18(13-20)25(31)23-24(19-14-21(34-2)27(36-4)22(15-19)35-3)30(28(33)26(23)32)16-17-9-11-29-12-10-17/h6-15,24,31H,5,16H2,1-4H3. The second kappa shape index (κ2) is 11.0. The van der Waals surface area contributed by atoms with Crippen molar-refractivity contribution in [2.24, 2.45) is 0 Å². The van der Waals surface area contributed by atoms with Gasteiger partial charge in [0.15, 0.2) is 11.5 Å². The van der Waals surface area contributed by atoms with Crippen molar-refractivity contribution in [3.63, 3.8) is 0 Å². The van der Waals surface area contributed by atoms with Crippen molar-refractivity contribution in [1.29, 1.82) is 0 Å². The van der Waals surface area contributed by atoms with Gasteiger partial charge in [-0.1, -0.05) is 12.1 Å². The molecule has 1 aromatic heterocycles. The van der Waals surface area contributed by atoms with E-state index in [1.54, 1.807) is 60.9 Å². The lowest BCUT2D eigenvalue weighted by Crippen LogP contribution is -2.29. The van der Waals surface area contributed by atoms with Crippen LogP contribution in [0.2, 0.25) is 0 Å². The SMILES string of the molecule is CCOc1cccc(C(O)=C2C(=O)C(=O)N(Cc3ccncc3)C2c2cc(OC)c(OC)c(OC)c2)c1. The Bertz CT molecular complexity index is 1310. The molecule has 0 spiro atoms. The molecule has 9 nitrogen and oxygen atoms in total. The van der Waals surface area contributed by atoms with Crippen LogP contribution in [-0.2, 0) is 16.1 Å². The van der Waals surface area contributed by atoms with Crippen LogP contribution < -0.4 is 18.9 Å². The van der Waals surface area contributed by atoms with E-state index in [1.807, 2.05) is 6.92 Å². The fourth-order valence-electron chi connectivity index (χ4n) is 4.39. The van der Waals surface area contributed by atoms with Crippen LogP contribution >= 0.6 is 0 Å². The zero-order valence-corrected chi connectivity index (χ0v) is 21.1. The average Bonchev–Trinajstić information content (AvgIpc) is 3.17. The van der Waals surface area contributed by atoms with Gasteiger partial charge < -0.3 is 29.0 Å². The van der Waals surface area contributed by atoms with Crippen molar-refractivity contribution in [2.45, 2.75) is 19.5 Å². The molecule has 1 aliphatic heterocycles. The Balaban J connectivity index is 1.93. The summed E-state index contributed by atoms with van der Waals surface area (Å²) in [5.41, 5.74) is 1.57. The Labute approximate surface area is 214 Å². The first-order valence-electron chi connectivity index (χ1n) is 11.6. The normalized spacial score (nSPS) is 16.5. The molecule has 2 heterocycles. The number of hydrogen-bond donors (Lipinski definition) is 1. The molecule has 0 radical (unpaired) electrons. The van der Waals surface area contributed by atoms with Crippen LogP contribution in [0.1, 0.15) is 29.7 Å². The molecular formula is C28H28N2O7. The predicted octanol–water partition coefficient (Wildman–Crippen LogP) is 4.13. The molecule has 1 saturated heterocycles. The zero-order valence-electron chi connectivity index (χ0n) is 21.1. The summed E-state index contributed by atoms with van der Waals surface area (Å²) in [4.78, 5) is 32.2. The molecule has 3 aromatic rings. The average molecular weight is 505 g/mol. The highest BCUT2D eigenvalue weighted by Crippen LogP contribution is 2.46. The van der Waals surface area contributed by atoms with E-state index in [2.05, 4.69) is 4.98 Å². The summed E-state index contributed by atoms with van der Waals surface area (Å²) in [6.07, 6.45) is 3.22. The number of nitrogens with zero attached hydrogens (tertiary/aromatic N) is 2.